The number of fused-ring (bicyclic) bond motifs is 2. The molecule has 1 unspecified atom stereocenters. The summed E-state index contributed by atoms with van der Waals surface area (Å²) < 4.78 is 5.35. The summed E-state index contributed by atoms with van der Waals surface area (Å²) >= 11 is 1.22. The second-order valence-electron chi connectivity index (χ2n) is 8.93. The number of nitro groups is 1. The number of thioether (sulfide) groups is 1. The predicted octanol–water partition coefficient (Wildman–Crippen LogP) is 6.11. The Bertz CT molecular complexity index is 1640. The number of hydrogen-bond donors (Lipinski definition) is 0. The first-order valence-electron chi connectivity index (χ1n) is 12.6. The van der Waals surface area contributed by atoms with E-state index >= 15 is 0 Å². The average Bonchev–Trinajstić information content (AvgIpc) is 3.39. The molecule has 10 heteroatoms. The maximum Gasteiger partial charge on any atom is 0.365 e. The highest BCUT2D eigenvalue weighted by Crippen LogP contribution is 2.55. The van der Waals surface area contributed by atoms with E-state index in [0.29, 0.717) is 5.69 Å². The summed E-state index contributed by atoms with van der Waals surface area (Å²) in [7, 11) is 0. The molecular formula is C30H23N5O4S. The molecule has 0 radical (unpaired) electrons. The Morgan fingerprint density at radius 3 is 2.12 bits per heavy atom. The Balaban J connectivity index is 1.63. The van der Waals surface area contributed by atoms with Crippen LogP contribution in [-0.2, 0) is 14.5 Å². The number of non-ortho nitro benzene ring substituents is 1. The molecule has 198 valence electrons. The van der Waals surface area contributed by atoms with E-state index in [9.17, 15) is 14.9 Å². The summed E-state index contributed by atoms with van der Waals surface area (Å²) in [5, 5.41) is 25.1. The molecule has 4 aromatic carbocycles. The van der Waals surface area contributed by atoms with Crippen molar-refractivity contribution in [2.75, 3.05) is 16.6 Å². The summed E-state index contributed by atoms with van der Waals surface area (Å²) in [5.41, 5.74) is 4.69. The van der Waals surface area contributed by atoms with Crippen LogP contribution in [0.3, 0.4) is 0 Å². The Morgan fingerprint density at radius 2 is 1.45 bits per heavy atom. The molecule has 1 spiro atoms. The van der Waals surface area contributed by atoms with Crippen molar-refractivity contribution in [2.45, 2.75) is 11.9 Å². The first kappa shape index (κ1) is 25.3. The molecule has 0 bridgehead atoms. The van der Waals surface area contributed by atoms with E-state index < -0.39 is 15.9 Å². The van der Waals surface area contributed by atoms with Gasteiger partial charge in [-0.2, -0.15) is 10.2 Å². The highest BCUT2D eigenvalue weighted by molar-refractivity contribution is 8.16. The molecule has 0 saturated carbocycles. The third-order valence-electron chi connectivity index (χ3n) is 6.54. The number of esters is 1. The quantitative estimate of drug-likeness (QED) is 0.163. The van der Waals surface area contributed by atoms with Crippen LogP contribution >= 0.6 is 11.8 Å². The van der Waals surface area contributed by atoms with Crippen molar-refractivity contribution in [1.82, 2.24) is 0 Å². The third kappa shape index (κ3) is 4.18. The van der Waals surface area contributed by atoms with Crippen molar-refractivity contribution in [3.63, 3.8) is 0 Å². The van der Waals surface area contributed by atoms with Gasteiger partial charge in [0.2, 0.25) is 10.0 Å². The van der Waals surface area contributed by atoms with Gasteiger partial charge in [0.1, 0.15) is 0 Å². The van der Waals surface area contributed by atoms with Gasteiger partial charge in [0.25, 0.3) is 5.69 Å². The number of rotatable bonds is 6. The van der Waals surface area contributed by atoms with Gasteiger partial charge in [-0.3, -0.25) is 10.1 Å². The number of anilines is 2. The van der Waals surface area contributed by atoms with Gasteiger partial charge in [0.05, 0.1) is 28.6 Å². The fourth-order valence-corrected chi connectivity index (χ4v) is 6.09. The molecule has 0 saturated heterocycles. The number of nitro benzene ring substituents is 1. The summed E-state index contributed by atoms with van der Waals surface area (Å²) in [6, 6.07) is 33.5. The standard InChI is InChI=1S/C30H23N5O4S/c1-2-39-29(36)28-32-34(23-17-19-24(20-18-23)35(37)38)30(40-28)26-16-10-9-15-25(26)27(21-11-5-3-6-12-21)31-33(30)22-13-7-4-8-14-22/h3-20H,2H2,1H3. The van der Waals surface area contributed by atoms with Gasteiger partial charge in [-0.1, -0.05) is 72.8 Å². The molecule has 2 aliphatic heterocycles. The lowest BCUT2D eigenvalue weighted by molar-refractivity contribution is -0.384. The third-order valence-corrected chi connectivity index (χ3v) is 7.83. The number of carbonyl (C=O) groups excluding carboxylic acids is 1. The van der Waals surface area contributed by atoms with Crippen LogP contribution in [-0.4, -0.2) is 28.3 Å². The van der Waals surface area contributed by atoms with E-state index in [1.165, 1.54) is 23.9 Å². The zero-order chi connectivity index (χ0) is 27.7. The van der Waals surface area contributed by atoms with Crippen LogP contribution < -0.4 is 10.0 Å². The zero-order valence-corrected chi connectivity index (χ0v) is 22.2. The number of para-hydroxylation sites is 1. The molecule has 1 atom stereocenters. The van der Waals surface area contributed by atoms with E-state index in [1.807, 2.05) is 89.9 Å². The van der Waals surface area contributed by atoms with Crippen molar-refractivity contribution >= 4 is 45.5 Å². The second-order valence-corrected chi connectivity index (χ2v) is 10.1. The van der Waals surface area contributed by atoms with E-state index in [2.05, 4.69) is 0 Å². The smallest absolute Gasteiger partial charge is 0.365 e. The summed E-state index contributed by atoms with van der Waals surface area (Å²) in [6.45, 7) is 1.93. The van der Waals surface area contributed by atoms with Crippen LogP contribution in [0.25, 0.3) is 0 Å². The molecular weight excluding hydrogens is 526 g/mol. The zero-order valence-electron chi connectivity index (χ0n) is 21.4. The topological polar surface area (TPSA) is 101 Å². The Labute approximate surface area is 234 Å². The van der Waals surface area contributed by atoms with Crippen LogP contribution in [0.5, 0.6) is 0 Å². The lowest BCUT2D eigenvalue weighted by Gasteiger charge is -2.47. The summed E-state index contributed by atoms with van der Waals surface area (Å²) in [6.07, 6.45) is 0. The highest BCUT2D eigenvalue weighted by Gasteiger charge is 2.56. The Morgan fingerprint density at radius 1 is 0.850 bits per heavy atom. The monoisotopic (exact) mass is 549 g/mol. The highest BCUT2D eigenvalue weighted by atomic mass is 32.2. The maximum absolute atomic E-state index is 13.1. The van der Waals surface area contributed by atoms with Gasteiger partial charge in [-0.15, -0.1) is 0 Å². The first-order chi connectivity index (χ1) is 19.5. The minimum absolute atomic E-state index is 0.0485. The molecule has 4 aromatic rings. The molecule has 2 aliphatic rings. The molecule has 0 aromatic heterocycles. The van der Waals surface area contributed by atoms with Crippen LogP contribution in [0.4, 0.5) is 17.1 Å². The van der Waals surface area contributed by atoms with Gasteiger partial charge >= 0.3 is 5.97 Å². The SMILES string of the molecule is CCOC(=O)C1=NN(c2ccc([N+](=O)[O-])cc2)C2(S1)c1ccccc1C(c1ccccc1)=NN2c1ccccc1. The van der Waals surface area contributed by atoms with Gasteiger partial charge < -0.3 is 4.74 Å². The molecule has 6 rings (SSSR count). The number of carbonyl (C=O) groups is 1. The average molecular weight is 550 g/mol. The molecule has 0 N–H and O–H groups in total. The minimum Gasteiger partial charge on any atom is -0.461 e. The normalized spacial score (nSPS) is 17.7. The van der Waals surface area contributed by atoms with Crippen LogP contribution in [0.2, 0.25) is 0 Å². The van der Waals surface area contributed by atoms with Crippen LogP contribution in [0, 0.1) is 10.1 Å². The number of hydrogen-bond acceptors (Lipinski definition) is 9. The molecule has 9 nitrogen and oxygen atoms in total. The Kier molecular flexibility index (Phi) is 6.53. The lowest BCUT2D eigenvalue weighted by atomic mass is 9.93. The first-order valence-corrected chi connectivity index (χ1v) is 13.4. The van der Waals surface area contributed by atoms with Crippen molar-refractivity contribution in [1.29, 1.82) is 0 Å². The van der Waals surface area contributed by atoms with E-state index in [-0.39, 0.29) is 17.3 Å². The summed E-state index contributed by atoms with van der Waals surface area (Å²) in [4.78, 5) is 22.8. The second kappa shape index (κ2) is 10.3. The molecule has 0 aliphatic carbocycles. The number of nitrogens with zero attached hydrogens (tertiary/aromatic N) is 5. The van der Waals surface area contributed by atoms with E-state index in [0.717, 1.165) is 28.1 Å². The number of ether oxygens (including phenoxy) is 1. The van der Waals surface area contributed by atoms with Gasteiger partial charge in [-0.05, 0) is 43.0 Å². The minimum atomic E-state index is -1.19. The molecule has 0 amide bonds. The van der Waals surface area contributed by atoms with Crippen molar-refractivity contribution < 1.29 is 14.5 Å². The summed E-state index contributed by atoms with van der Waals surface area (Å²) in [5.74, 6) is -0.556. The maximum atomic E-state index is 13.1. The number of hydrazone groups is 2. The van der Waals surface area contributed by atoms with Crippen molar-refractivity contribution in [2.24, 2.45) is 10.2 Å². The lowest BCUT2D eigenvalue weighted by Crippen LogP contribution is -2.54. The van der Waals surface area contributed by atoms with Gasteiger partial charge in [0, 0.05) is 28.8 Å². The molecule has 2 heterocycles. The van der Waals surface area contributed by atoms with Crippen molar-refractivity contribution in [3.8, 4) is 0 Å². The van der Waals surface area contributed by atoms with Crippen LogP contribution in [0.1, 0.15) is 23.6 Å². The van der Waals surface area contributed by atoms with Crippen LogP contribution in [0.15, 0.2) is 119 Å². The molecule has 40 heavy (non-hydrogen) atoms. The van der Waals surface area contributed by atoms with Gasteiger partial charge in [0.15, 0.2) is 0 Å². The molecule has 0 fully saturated rings. The Hall–Kier alpha value is -4.96. The fourth-order valence-electron chi connectivity index (χ4n) is 4.80. The fraction of sp³-hybridized carbons (Fsp3) is 0.100. The van der Waals surface area contributed by atoms with E-state index in [4.69, 9.17) is 14.9 Å². The van der Waals surface area contributed by atoms with E-state index in [1.54, 1.807) is 24.1 Å². The van der Waals surface area contributed by atoms with Gasteiger partial charge in [-0.25, -0.2) is 14.8 Å². The number of benzene rings is 4. The predicted molar refractivity (Wildman–Crippen MR) is 156 cm³/mol. The van der Waals surface area contributed by atoms with Crippen molar-refractivity contribution in [3.05, 3.63) is 136 Å². The largest absolute Gasteiger partial charge is 0.461 e.